The summed E-state index contributed by atoms with van der Waals surface area (Å²) in [6.07, 6.45) is 1.55. The molecule has 0 saturated heterocycles. The lowest BCUT2D eigenvalue weighted by atomic mass is 10.1. The average molecular weight is 247 g/mol. The van der Waals surface area contributed by atoms with Crippen molar-refractivity contribution in [2.24, 2.45) is 0 Å². The smallest absolute Gasteiger partial charge is 0.169 e. The van der Waals surface area contributed by atoms with Crippen molar-refractivity contribution in [3.05, 3.63) is 6.33 Å². The summed E-state index contributed by atoms with van der Waals surface area (Å²) < 4.78 is 4.88. The Morgan fingerprint density at radius 3 is 2.87 bits per heavy atom. The van der Waals surface area contributed by atoms with E-state index in [9.17, 15) is 5.11 Å². The molecule has 1 atom stereocenters. The highest BCUT2D eigenvalue weighted by Gasteiger charge is 2.24. The Morgan fingerprint density at radius 2 is 2.40 bits per heavy atom. The molecule has 0 radical (unpaired) electrons. The van der Waals surface area contributed by atoms with Gasteiger partial charge in [0.2, 0.25) is 0 Å². The van der Waals surface area contributed by atoms with E-state index in [1.54, 1.807) is 18.1 Å². The number of aliphatic hydroxyl groups excluding tert-OH is 1. The minimum Gasteiger partial charge on any atom is -0.394 e. The van der Waals surface area contributed by atoms with E-state index in [1.165, 1.54) is 11.5 Å². The van der Waals surface area contributed by atoms with Crippen LogP contribution in [0.2, 0.25) is 0 Å². The highest BCUT2D eigenvalue weighted by atomic mass is 32.2. The molecule has 1 rings (SSSR count). The van der Waals surface area contributed by atoms with Crippen molar-refractivity contribution < 1.29 is 5.11 Å². The lowest BCUT2D eigenvalue weighted by molar-refractivity contribution is 0.183. The lowest BCUT2D eigenvalue weighted by Gasteiger charge is -2.30. The molecule has 2 N–H and O–H groups in total. The predicted octanol–water partition coefficient (Wildman–Crippen LogP) is 1.38. The van der Waals surface area contributed by atoms with Crippen LogP contribution >= 0.6 is 23.3 Å². The van der Waals surface area contributed by atoms with E-state index >= 15 is 0 Å². The molecule has 0 spiro atoms. The average Bonchev–Trinajstić information content (AvgIpc) is 2.66. The van der Waals surface area contributed by atoms with Gasteiger partial charge in [-0.25, -0.2) is 4.98 Å². The number of rotatable bonds is 6. The van der Waals surface area contributed by atoms with Gasteiger partial charge in [-0.1, -0.05) is 25.6 Å². The fourth-order valence-corrected chi connectivity index (χ4v) is 2.81. The number of hydrogen-bond acceptors (Lipinski definition) is 6. The second kappa shape index (κ2) is 5.79. The second-order valence-electron chi connectivity index (χ2n) is 4.01. The first-order valence-corrected chi connectivity index (χ1v) is 6.60. The van der Waals surface area contributed by atoms with Gasteiger partial charge in [0.05, 0.1) is 6.61 Å². The summed E-state index contributed by atoms with van der Waals surface area (Å²) in [6.45, 7) is 6.28. The van der Waals surface area contributed by atoms with Crippen molar-refractivity contribution in [3.8, 4) is 0 Å². The van der Waals surface area contributed by atoms with Crippen LogP contribution in [0.25, 0.3) is 0 Å². The number of aliphatic hydroxyl groups is 1. The molecule has 0 aliphatic rings. The molecule has 0 aromatic carbocycles. The third-order valence-corrected chi connectivity index (χ3v) is 4.01. The van der Waals surface area contributed by atoms with E-state index in [-0.39, 0.29) is 12.1 Å². The van der Waals surface area contributed by atoms with Gasteiger partial charge in [0.1, 0.15) is 6.33 Å². The Hall–Kier alpha value is -0.170. The molecule has 0 bridgehead atoms. The molecule has 0 aliphatic carbocycles. The Labute approximate surface area is 98.7 Å². The molecule has 0 saturated carbocycles. The van der Waals surface area contributed by atoms with Crippen molar-refractivity contribution in [1.82, 2.24) is 14.7 Å². The van der Waals surface area contributed by atoms with Crippen molar-refractivity contribution in [3.63, 3.8) is 0 Å². The van der Waals surface area contributed by atoms with Crippen LogP contribution in [0.1, 0.15) is 20.8 Å². The third kappa shape index (κ3) is 4.46. The topological polar surface area (TPSA) is 58.0 Å². The van der Waals surface area contributed by atoms with Gasteiger partial charge < -0.3 is 10.4 Å². The largest absolute Gasteiger partial charge is 0.394 e. The zero-order valence-electron chi connectivity index (χ0n) is 9.23. The Balaban J connectivity index is 2.45. The van der Waals surface area contributed by atoms with Gasteiger partial charge in [0.25, 0.3) is 0 Å². The zero-order chi connectivity index (χ0) is 11.3. The maximum Gasteiger partial charge on any atom is 0.169 e. The molecular weight excluding hydrogens is 230 g/mol. The lowest BCUT2D eigenvalue weighted by Crippen LogP contribution is -2.51. The SMILES string of the molecule is CC(C)NC(C)(CO)CSc1ncns1. The van der Waals surface area contributed by atoms with E-state index < -0.39 is 0 Å². The van der Waals surface area contributed by atoms with Crippen LogP contribution in [0.3, 0.4) is 0 Å². The van der Waals surface area contributed by atoms with Crippen molar-refractivity contribution in [1.29, 1.82) is 0 Å². The van der Waals surface area contributed by atoms with Gasteiger partial charge in [-0.2, -0.15) is 4.37 Å². The van der Waals surface area contributed by atoms with Gasteiger partial charge in [-0.05, 0) is 18.5 Å². The van der Waals surface area contributed by atoms with E-state index in [1.807, 2.05) is 6.92 Å². The summed E-state index contributed by atoms with van der Waals surface area (Å²) in [5.74, 6) is 0.789. The third-order valence-electron chi connectivity index (χ3n) is 1.84. The summed E-state index contributed by atoms with van der Waals surface area (Å²) in [6, 6.07) is 0.358. The van der Waals surface area contributed by atoms with Crippen LogP contribution in [0, 0.1) is 0 Å². The van der Waals surface area contributed by atoms with Crippen LogP contribution in [-0.4, -0.2) is 38.4 Å². The highest BCUT2D eigenvalue weighted by Crippen LogP contribution is 2.23. The van der Waals surface area contributed by atoms with Gasteiger partial charge in [-0.15, -0.1) is 0 Å². The number of thioether (sulfide) groups is 1. The van der Waals surface area contributed by atoms with Gasteiger partial charge in [0.15, 0.2) is 4.34 Å². The number of nitrogens with one attached hydrogen (secondary N) is 1. The molecule has 0 aliphatic heterocycles. The summed E-state index contributed by atoms with van der Waals surface area (Å²) in [5, 5.41) is 12.7. The van der Waals surface area contributed by atoms with Crippen molar-refractivity contribution in [2.75, 3.05) is 12.4 Å². The van der Waals surface area contributed by atoms with Crippen molar-refractivity contribution >= 4 is 23.3 Å². The molecule has 0 amide bonds. The van der Waals surface area contributed by atoms with E-state index in [0.717, 1.165) is 10.1 Å². The van der Waals surface area contributed by atoms with Crippen LogP contribution in [-0.2, 0) is 0 Å². The second-order valence-corrected chi connectivity index (χ2v) is 6.02. The van der Waals surface area contributed by atoms with E-state index in [4.69, 9.17) is 0 Å². The van der Waals surface area contributed by atoms with Crippen LogP contribution in [0.4, 0.5) is 0 Å². The molecular formula is C9H17N3OS2. The molecule has 1 aromatic heterocycles. The molecule has 1 unspecified atom stereocenters. The molecule has 0 fully saturated rings. The van der Waals surface area contributed by atoms with E-state index in [0.29, 0.717) is 6.04 Å². The van der Waals surface area contributed by atoms with Gasteiger partial charge >= 0.3 is 0 Å². The van der Waals surface area contributed by atoms with Crippen LogP contribution in [0.5, 0.6) is 0 Å². The fraction of sp³-hybridized carbons (Fsp3) is 0.778. The first-order valence-electron chi connectivity index (χ1n) is 4.84. The highest BCUT2D eigenvalue weighted by molar-refractivity contribution is 8.01. The first-order chi connectivity index (χ1) is 7.06. The summed E-state index contributed by atoms with van der Waals surface area (Å²) in [5.41, 5.74) is -0.259. The summed E-state index contributed by atoms with van der Waals surface area (Å²) >= 11 is 3.01. The maximum atomic E-state index is 9.35. The van der Waals surface area contributed by atoms with Crippen molar-refractivity contribution in [2.45, 2.75) is 36.7 Å². The van der Waals surface area contributed by atoms with Gasteiger partial charge in [0, 0.05) is 17.3 Å². The summed E-state index contributed by atoms with van der Waals surface area (Å²) in [7, 11) is 0. The molecule has 1 aromatic rings. The molecule has 1 heterocycles. The Bertz CT molecular complexity index is 279. The minimum absolute atomic E-state index is 0.122. The Kier molecular flexibility index (Phi) is 4.98. The van der Waals surface area contributed by atoms with E-state index in [2.05, 4.69) is 28.5 Å². The first kappa shape index (κ1) is 12.9. The number of aromatic nitrogens is 2. The standard InChI is InChI=1S/C9H17N3OS2/c1-7(2)12-9(3,4-13)5-14-8-10-6-11-15-8/h6-7,12-13H,4-5H2,1-3H3. The Morgan fingerprint density at radius 1 is 1.67 bits per heavy atom. The minimum atomic E-state index is -0.259. The summed E-state index contributed by atoms with van der Waals surface area (Å²) in [4.78, 5) is 4.09. The molecule has 4 nitrogen and oxygen atoms in total. The maximum absolute atomic E-state index is 9.35. The van der Waals surface area contributed by atoms with Crippen LogP contribution < -0.4 is 5.32 Å². The number of nitrogens with zero attached hydrogens (tertiary/aromatic N) is 2. The molecule has 86 valence electrons. The quantitative estimate of drug-likeness (QED) is 0.744. The zero-order valence-corrected chi connectivity index (χ0v) is 10.9. The molecule has 15 heavy (non-hydrogen) atoms. The van der Waals surface area contributed by atoms with Gasteiger partial charge in [-0.3, -0.25) is 0 Å². The number of hydrogen-bond donors (Lipinski definition) is 2. The van der Waals surface area contributed by atoms with Crippen LogP contribution in [0.15, 0.2) is 10.7 Å². The monoisotopic (exact) mass is 247 g/mol. The fourth-order valence-electron chi connectivity index (χ4n) is 1.28. The predicted molar refractivity (Wildman–Crippen MR) is 64.4 cm³/mol. The molecule has 6 heteroatoms. The normalized spacial score (nSPS) is 15.5.